The minimum absolute atomic E-state index is 0.0610. The summed E-state index contributed by atoms with van der Waals surface area (Å²) in [6.07, 6.45) is 5.20. The lowest BCUT2D eigenvalue weighted by molar-refractivity contribution is -0.132. The van der Waals surface area contributed by atoms with Crippen molar-refractivity contribution in [2.75, 3.05) is 43.5 Å². The molecule has 35 heavy (non-hydrogen) atoms. The number of nitrogens with zero attached hydrogens (tertiary/aromatic N) is 5. The monoisotopic (exact) mass is 470 g/mol. The molecule has 9 heteroatoms. The number of para-hydroxylation sites is 1. The first-order chi connectivity index (χ1) is 17.1. The van der Waals surface area contributed by atoms with E-state index in [1.807, 2.05) is 58.1 Å². The summed E-state index contributed by atoms with van der Waals surface area (Å²) in [7, 11) is 1.55. The SMILES string of the molecule is COc1ccc(NC(=O)c2ccccc2N2CCN(C(=O)Cn3ccc4cccnc43)CC2)cn1. The minimum Gasteiger partial charge on any atom is -0.481 e. The maximum atomic E-state index is 13.0. The standard InChI is InChI=1S/C26H26N6O3/c1-35-23-9-8-20(17-28-23)29-26(34)21-6-2-3-7-22(21)30-13-15-31(16-14-30)24(33)18-32-12-10-19-5-4-11-27-25(19)32/h2-12,17H,13-16,18H2,1H3,(H,29,34). The maximum absolute atomic E-state index is 13.0. The number of nitrogens with one attached hydrogen (secondary N) is 1. The van der Waals surface area contributed by atoms with E-state index in [2.05, 4.69) is 20.2 Å². The van der Waals surface area contributed by atoms with Gasteiger partial charge in [0.15, 0.2) is 0 Å². The number of carbonyl (C=O) groups excluding carboxylic acids is 2. The molecule has 0 aliphatic carbocycles. The minimum atomic E-state index is -0.210. The van der Waals surface area contributed by atoms with Gasteiger partial charge in [-0.3, -0.25) is 9.59 Å². The number of carbonyl (C=O) groups is 2. The number of fused-ring (bicyclic) bond motifs is 1. The molecule has 178 valence electrons. The van der Waals surface area contributed by atoms with Crippen LogP contribution in [0.5, 0.6) is 5.88 Å². The first kappa shape index (κ1) is 22.4. The number of aromatic nitrogens is 3. The van der Waals surface area contributed by atoms with Gasteiger partial charge in [-0.2, -0.15) is 0 Å². The van der Waals surface area contributed by atoms with E-state index in [9.17, 15) is 9.59 Å². The molecule has 1 fully saturated rings. The Balaban J connectivity index is 1.23. The Bertz CT molecular complexity index is 1340. The lowest BCUT2D eigenvalue weighted by Gasteiger charge is -2.37. The average molecular weight is 471 g/mol. The van der Waals surface area contributed by atoms with Gasteiger partial charge >= 0.3 is 0 Å². The quantitative estimate of drug-likeness (QED) is 0.466. The highest BCUT2D eigenvalue weighted by Crippen LogP contribution is 2.24. The zero-order valence-corrected chi connectivity index (χ0v) is 19.4. The molecule has 1 aliphatic heterocycles. The van der Waals surface area contributed by atoms with Crippen LogP contribution >= 0.6 is 0 Å². The first-order valence-electron chi connectivity index (χ1n) is 11.5. The zero-order chi connectivity index (χ0) is 24.2. The number of benzene rings is 1. The van der Waals surface area contributed by atoms with Crippen LogP contribution in [0, 0.1) is 0 Å². The Morgan fingerprint density at radius 1 is 0.971 bits per heavy atom. The van der Waals surface area contributed by atoms with E-state index in [-0.39, 0.29) is 18.4 Å². The van der Waals surface area contributed by atoms with Gasteiger partial charge in [0.25, 0.3) is 5.91 Å². The molecule has 4 heterocycles. The molecule has 0 bridgehead atoms. The van der Waals surface area contributed by atoms with E-state index in [4.69, 9.17) is 4.74 Å². The third-order valence-electron chi connectivity index (χ3n) is 6.15. The van der Waals surface area contributed by atoms with Crippen molar-refractivity contribution in [1.29, 1.82) is 0 Å². The van der Waals surface area contributed by atoms with Crippen molar-refractivity contribution < 1.29 is 14.3 Å². The Kier molecular flexibility index (Phi) is 6.30. The highest BCUT2D eigenvalue weighted by molar-refractivity contribution is 6.08. The van der Waals surface area contributed by atoms with E-state index >= 15 is 0 Å². The van der Waals surface area contributed by atoms with Crippen LogP contribution in [-0.2, 0) is 11.3 Å². The summed E-state index contributed by atoms with van der Waals surface area (Å²) in [5.41, 5.74) is 2.83. The normalized spacial score (nSPS) is 13.6. The number of hydrogen-bond acceptors (Lipinski definition) is 6. The van der Waals surface area contributed by atoms with Crippen LogP contribution in [0.2, 0.25) is 0 Å². The van der Waals surface area contributed by atoms with Gasteiger partial charge in [0.2, 0.25) is 11.8 Å². The summed E-state index contributed by atoms with van der Waals surface area (Å²) < 4.78 is 6.95. The number of piperazine rings is 1. The fourth-order valence-electron chi connectivity index (χ4n) is 4.31. The molecule has 5 rings (SSSR count). The van der Waals surface area contributed by atoms with Crippen molar-refractivity contribution in [3.63, 3.8) is 0 Å². The molecule has 0 spiro atoms. The predicted octanol–water partition coefficient (Wildman–Crippen LogP) is 3.04. The number of methoxy groups -OCH3 is 1. The molecule has 0 radical (unpaired) electrons. The molecule has 0 atom stereocenters. The molecule has 1 saturated heterocycles. The highest BCUT2D eigenvalue weighted by Gasteiger charge is 2.24. The van der Waals surface area contributed by atoms with Crippen LogP contribution in [0.3, 0.4) is 0 Å². The summed E-state index contributed by atoms with van der Waals surface area (Å²) in [6.45, 7) is 2.72. The van der Waals surface area contributed by atoms with Gasteiger partial charge in [-0.25, -0.2) is 9.97 Å². The molecule has 2 amide bonds. The Morgan fingerprint density at radius 3 is 2.57 bits per heavy atom. The third kappa shape index (κ3) is 4.79. The molecular formula is C26H26N6O3. The van der Waals surface area contributed by atoms with Crippen LogP contribution < -0.4 is 15.0 Å². The Labute approximate surface area is 203 Å². The fraction of sp³-hybridized carbons (Fsp3) is 0.231. The number of hydrogen-bond donors (Lipinski definition) is 1. The summed E-state index contributed by atoms with van der Waals surface area (Å²) in [5.74, 6) is 0.334. The van der Waals surface area contributed by atoms with Crippen LogP contribution in [0.4, 0.5) is 11.4 Å². The molecule has 0 unspecified atom stereocenters. The van der Waals surface area contributed by atoms with Crippen molar-refractivity contribution in [3.8, 4) is 5.88 Å². The van der Waals surface area contributed by atoms with Crippen LogP contribution in [0.25, 0.3) is 11.0 Å². The maximum Gasteiger partial charge on any atom is 0.257 e. The molecule has 9 nitrogen and oxygen atoms in total. The summed E-state index contributed by atoms with van der Waals surface area (Å²) in [6, 6.07) is 16.8. The van der Waals surface area contributed by atoms with Gasteiger partial charge in [-0.05, 0) is 36.4 Å². The van der Waals surface area contributed by atoms with E-state index in [0.29, 0.717) is 43.3 Å². The Morgan fingerprint density at radius 2 is 1.80 bits per heavy atom. The highest BCUT2D eigenvalue weighted by atomic mass is 16.5. The van der Waals surface area contributed by atoms with E-state index in [1.165, 1.54) is 0 Å². The number of ether oxygens (including phenoxy) is 1. The van der Waals surface area contributed by atoms with Gasteiger partial charge in [0.05, 0.1) is 24.6 Å². The van der Waals surface area contributed by atoms with Crippen LogP contribution in [-0.4, -0.2) is 64.5 Å². The number of pyridine rings is 2. The number of anilines is 2. The van der Waals surface area contributed by atoms with Gasteiger partial charge in [-0.15, -0.1) is 0 Å². The third-order valence-corrected chi connectivity index (χ3v) is 6.15. The Hall–Kier alpha value is -4.40. The number of rotatable bonds is 6. The van der Waals surface area contributed by atoms with Crippen molar-refractivity contribution in [2.24, 2.45) is 0 Å². The second kappa shape index (κ2) is 9.84. The van der Waals surface area contributed by atoms with E-state index < -0.39 is 0 Å². The molecular weight excluding hydrogens is 444 g/mol. The lowest BCUT2D eigenvalue weighted by Crippen LogP contribution is -2.50. The van der Waals surface area contributed by atoms with E-state index in [0.717, 1.165) is 16.7 Å². The van der Waals surface area contributed by atoms with Gasteiger partial charge < -0.3 is 24.4 Å². The fourth-order valence-corrected chi connectivity index (χ4v) is 4.31. The lowest BCUT2D eigenvalue weighted by atomic mass is 10.1. The second-order valence-electron chi connectivity index (χ2n) is 8.29. The summed E-state index contributed by atoms with van der Waals surface area (Å²) >= 11 is 0. The van der Waals surface area contributed by atoms with Crippen molar-refractivity contribution in [1.82, 2.24) is 19.4 Å². The van der Waals surface area contributed by atoms with Gasteiger partial charge in [-0.1, -0.05) is 12.1 Å². The molecule has 1 aliphatic rings. The van der Waals surface area contributed by atoms with Gasteiger partial charge in [0, 0.05) is 55.7 Å². The van der Waals surface area contributed by atoms with Gasteiger partial charge in [0.1, 0.15) is 12.2 Å². The molecule has 0 saturated carbocycles. The molecule has 3 aromatic heterocycles. The van der Waals surface area contributed by atoms with Crippen molar-refractivity contribution in [3.05, 3.63) is 78.8 Å². The first-order valence-corrected chi connectivity index (χ1v) is 11.5. The molecule has 1 aromatic carbocycles. The molecule has 1 N–H and O–H groups in total. The average Bonchev–Trinajstić information content (AvgIpc) is 3.32. The zero-order valence-electron chi connectivity index (χ0n) is 19.4. The summed E-state index contributed by atoms with van der Waals surface area (Å²) in [4.78, 5) is 38.5. The summed E-state index contributed by atoms with van der Waals surface area (Å²) in [5, 5.41) is 3.92. The van der Waals surface area contributed by atoms with Crippen LogP contribution in [0.1, 0.15) is 10.4 Å². The largest absolute Gasteiger partial charge is 0.481 e. The smallest absolute Gasteiger partial charge is 0.257 e. The van der Waals surface area contributed by atoms with Crippen molar-refractivity contribution in [2.45, 2.75) is 6.54 Å². The second-order valence-corrected chi connectivity index (χ2v) is 8.29. The molecule has 4 aromatic rings. The topological polar surface area (TPSA) is 92.6 Å². The predicted molar refractivity (Wildman–Crippen MR) is 134 cm³/mol. The van der Waals surface area contributed by atoms with E-state index in [1.54, 1.807) is 31.6 Å². The number of amides is 2. The van der Waals surface area contributed by atoms with Crippen LogP contribution in [0.15, 0.2) is 73.2 Å². The van der Waals surface area contributed by atoms with Crippen molar-refractivity contribution >= 4 is 34.2 Å².